The second-order valence-corrected chi connectivity index (χ2v) is 7.08. The molecule has 0 fully saturated rings. The minimum absolute atomic E-state index is 0.0300. The van der Waals surface area contributed by atoms with Gasteiger partial charge in [0.25, 0.3) is 0 Å². The van der Waals surface area contributed by atoms with Crippen LogP contribution in [0.2, 0.25) is 0 Å². The minimum Gasteiger partial charge on any atom is -0.450 e. The average molecular weight is 381 g/mol. The van der Waals surface area contributed by atoms with Crippen LogP contribution in [0.5, 0.6) is 0 Å². The molecule has 0 atom stereocenters. The molecule has 0 bridgehead atoms. The molecule has 0 radical (unpaired) electrons. The molecule has 2 aromatic carbocycles. The molecule has 0 aromatic heterocycles. The fraction of sp³-hybridized carbons (Fsp3) is 0.364. The standard InChI is InChI=1S/C22H27N3O3/c1-4-28-22(27)24-18-12-11-17-10-9-16-7-5-6-8-19(16)25(20(17)13-18)21(26)14-23-15(2)3/h5-8,11-13,15,23H,4,9-10,14H2,1-3H3,(H,24,27). The van der Waals surface area contributed by atoms with Crippen LogP contribution >= 0.6 is 0 Å². The van der Waals surface area contributed by atoms with Crippen LogP contribution in [0.25, 0.3) is 0 Å². The summed E-state index contributed by atoms with van der Waals surface area (Å²) in [6.07, 6.45) is 1.18. The molecule has 1 heterocycles. The van der Waals surface area contributed by atoms with Crippen molar-refractivity contribution in [3.8, 4) is 0 Å². The van der Waals surface area contributed by atoms with Gasteiger partial charge in [-0.1, -0.05) is 38.1 Å². The van der Waals surface area contributed by atoms with Crippen LogP contribution < -0.4 is 15.5 Å². The van der Waals surface area contributed by atoms with Gasteiger partial charge in [0, 0.05) is 11.7 Å². The summed E-state index contributed by atoms with van der Waals surface area (Å²) >= 11 is 0. The van der Waals surface area contributed by atoms with Crippen LogP contribution in [0.15, 0.2) is 42.5 Å². The highest BCUT2D eigenvalue weighted by atomic mass is 16.5. The Labute approximate surface area is 165 Å². The van der Waals surface area contributed by atoms with Crippen LogP contribution in [0.3, 0.4) is 0 Å². The normalized spacial score (nSPS) is 12.8. The molecule has 28 heavy (non-hydrogen) atoms. The van der Waals surface area contributed by atoms with E-state index >= 15 is 0 Å². The number of benzene rings is 2. The molecular weight excluding hydrogens is 354 g/mol. The summed E-state index contributed by atoms with van der Waals surface area (Å²) in [7, 11) is 0. The maximum atomic E-state index is 13.2. The number of amides is 2. The van der Waals surface area contributed by atoms with Crippen molar-refractivity contribution in [3.05, 3.63) is 53.6 Å². The fourth-order valence-electron chi connectivity index (χ4n) is 3.32. The Kier molecular flexibility index (Phi) is 6.31. The molecule has 1 aliphatic heterocycles. The van der Waals surface area contributed by atoms with Gasteiger partial charge in [0.2, 0.25) is 5.91 Å². The Morgan fingerprint density at radius 3 is 2.50 bits per heavy atom. The highest BCUT2D eigenvalue weighted by Crippen LogP contribution is 2.37. The molecule has 1 aliphatic rings. The lowest BCUT2D eigenvalue weighted by Gasteiger charge is -2.26. The summed E-state index contributed by atoms with van der Waals surface area (Å²) in [6.45, 7) is 6.32. The first-order valence-electron chi connectivity index (χ1n) is 9.70. The predicted octanol–water partition coefficient (Wildman–Crippen LogP) is 4.02. The van der Waals surface area contributed by atoms with Gasteiger partial charge in [-0.05, 0) is 49.1 Å². The van der Waals surface area contributed by atoms with Crippen LogP contribution in [-0.4, -0.2) is 31.2 Å². The van der Waals surface area contributed by atoms with E-state index < -0.39 is 6.09 Å². The third-order valence-corrected chi connectivity index (χ3v) is 4.66. The van der Waals surface area contributed by atoms with Crippen molar-refractivity contribution in [2.45, 2.75) is 39.7 Å². The van der Waals surface area contributed by atoms with Crippen LogP contribution in [-0.2, 0) is 22.4 Å². The van der Waals surface area contributed by atoms with E-state index in [1.807, 2.05) is 50.2 Å². The van der Waals surface area contributed by atoms with Crippen molar-refractivity contribution in [2.24, 2.45) is 0 Å². The van der Waals surface area contributed by atoms with E-state index in [4.69, 9.17) is 4.74 Å². The third kappa shape index (κ3) is 4.51. The summed E-state index contributed by atoms with van der Waals surface area (Å²) in [5, 5.41) is 5.94. The number of nitrogens with zero attached hydrogens (tertiary/aromatic N) is 1. The number of anilines is 3. The van der Waals surface area contributed by atoms with Crippen LogP contribution in [0.1, 0.15) is 31.9 Å². The van der Waals surface area contributed by atoms with Gasteiger partial charge in [0.05, 0.1) is 24.5 Å². The van der Waals surface area contributed by atoms with Crippen LogP contribution in [0.4, 0.5) is 21.9 Å². The van der Waals surface area contributed by atoms with Crippen LogP contribution in [0, 0.1) is 0 Å². The molecule has 2 amide bonds. The van der Waals surface area contributed by atoms with Gasteiger partial charge in [0.1, 0.15) is 0 Å². The monoisotopic (exact) mass is 381 g/mol. The van der Waals surface area contributed by atoms with E-state index in [9.17, 15) is 9.59 Å². The zero-order chi connectivity index (χ0) is 20.1. The first kappa shape index (κ1) is 19.9. The smallest absolute Gasteiger partial charge is 0.411 e. The summed E-state index contributed by atoms with van der Waals surface area (Å²) in [5.74, 6) is -0.0300. The summed E-state index contributed by atoms with van der Waals surface area (Å²) in [4.78, 5) is 26.8. The lowest BCUT2D eigenvalue weighted by atomic mass is 10.0. The maximum Gasteiger partial charge on any atom is 0.411 e. The van der Waals surface area contributed by atoms with Gasteiger partial charge in [0.15, 0.2) is 0 Å². The molecule has 2 aromatic rings. The van der Waals surface area contributed by atoms with E-state index in [1.165, 1.54) is 0 Å². The van der Waals surface area contributed by atoms with Crippen molar-refractivity contribution >= 4 is 29.1 Å². The van der Waals surface area contributed by atoms with E-state index in [0.717, 1.165) is 35.3 Å². The van der Waals surface area contributed by atoms with Crippen molar-refractivity contribution in [2.75, 3.05) is 23.4 Å². The van der Waals surface area contributed by atoms with Gasteiger partial charge in [-0.2, -0.15) is 0 Å². The molecule has 6 nitrogen and oxygen atoms in total. The Bertz CT molecular complexity index is 864. The fourth-order valence-corrected chi connectivity index (χ4v) is 3.32. The number of hydrogen-bond acceptors (Lipinski definition) is 4. The number of rotatable bonds is 5. The number of fused-ring (bicyclic) bond motifs is 2. The lowest BCUT2D eigenvalue weighted by molar-refractivity contribution is -0.117. The van der Waals surface area contributed by atoms with Gasteiger partial charge < -0.3 is 10.1 Å². The molecule has 0 saturated carbocycles. The van der Waals surface area contributed by atoms with E-state index in [0.29, 0.717) is 12.3 Å². The van der Waals surface area contributed by atoms with E-state index in [1.54, 1.807) is 11.8 Å². The number of nitrogens with one attached hydrogen (secondary N) is 2. The average Bonchev–Trinajstić information content (AvgIpc) is 2.83. The quantitative estimate of drug-likeness (QED) is 0.821. The minimum atomic E-state index is -0.504. The molecular formula is C22H27N3O3. The zero-order valence-corrected chi connectivity index (χ0v) is 16.6. The Morgan fingerprint density at radius 2 is 1.79 bits per heavy atom. The molecule has 0 aliphatic carbocycles. The molecule has 0 unspecified atom stereocenters. The maximum absolute atomic E-state index is 13.2. The molecule has 3 rings (SSSR count). The zero-order valence-electron chi connectivity index (χ0n) is 16.6. The molecule has 6 heteroatoms. The van der Waals surface area contributed by atoms with Gasteiger partial charge in [-0.25, -0.2) is 4.79 Å². The number of carbonyl (C=O) groups is 2. The Hall–Kier alpha value is -2.86. The van der Waals surface area contributed by atoms with Crippen molar-refractivity contribution < 1.29 is 14.3 Å². The highest BCUT2D eigenvalue weighted by Gasteiger charge is 2.26. The van der Waals surface area contributed by atoms with Crippen molar-refractivity contribution in [1.82, 2.24) is 5.32 Å². The summed E-state index contributed by atoms with van der Waals surface area (Å²) < 4.78 is 4.97. The molecule has 148 valence electrons. The van der Waals surface area contributed by atoms with Crippen molar-refractivity contribution in [1.29, 1.82) is 0 Å². The van der Waals surface area contributed by atoms with E-state index in [2.05, 4.69) is 16.7 Å². The highest BCUT2D eigenvalue weighted by molar-refractivity contribution is 6.04. The van der Waals surface area contributed by atoms with E-state index in [-0.39, 0.29) is 18.5 Å². The largest absolute Gasteiger partial charge is 0.450 e. The number of hydrogen-bond donors (Lipinski definition) is 2. The van der Waals surface area contributed by atoms with Gasteiger partial charge in [-0.15, -0.1) is 0 Å². The Balaban J connectivity index is 2.01. The number of ether oxygens (including phenoxy) is 1. The van der Waals surface area contributed by atoms with Gasteiger partial charge >= 0.3 is 6.09 Å². The first-order valence-corrected chi connectivity index (χ1v) is 9.70. The third-order valence-electron chi connectivity index (χ3n) is 4.66. The summed E-state index contributed by atoms with van der Waals surface area (Å²) in [6, 6.07) is 13.9. The number of aryl methyl sites for hydroxylation is 2. The summed E-state index contributed by atoms with van der Waals surface area (Å²) in [5.41, 5.74) is 4.51. The first-order chi connectivity index (χ1) is 13.5. The predicted molar refractivity (Wildman–Crippen MR) is 111 cm³/mol. The lowest BCUT2D eigenvalue weighted by Crippen LogP contribution is -2.38. The second-order valence-electron chi connectivity index (χ2n) is 7.08. The van der Waals surface area contributed by atoms with Crippen molar-refractivity contribution in [3.63, 3.8) is 0 Å². The molecule has 0 saturated heterocycles. The Morgan fingerprint density at radius 1 is 1.07 bits per heavy atom. The molecule has 2 N–H and O–H groups in total. The number of carbonyl (C=O) groups excluding carboxylic acids is 2. The van der Waals surface area contributed by atoms with Gasteiger partial charge in [-0.3, -0.25) is 15.0 Å². The SMILES string of the molecule is CCOC(=O)Nc1ccc2c(c1)N(C(=O)CNC(C)C)c1ccccc1CC2. The molecule has 0 spiro atoms. The topological polar surface area (TPSA) is 70.7 Å². The second kappa shape index (κ2) is 8.89. The number of para-hydroxylation sites is 1.